The lowest BCUT2D eigenvalue weighted by molar-refractivity contribution is 0.102. The molecule has 0 radical (unpaired) electrons. The molecule has 20 heavy (non-hydrogen) atoms. The normalized spacial score (nSPS) is 10.3. The first-order valence-corrected chi connectivity index (χ1v) is 6.15. The summed E-state index contributed by atoms with van der Waals surface area (Å²) in [6.07, 6.45) is 0. The van der Waals surface area contributed by atoms with Gasteiger partial charge in [0.05, 0.1) is 10.0 Å². The van der Waals surface area contributed by atoms with Gasteiger partial charge < -0.3 is 20.6 Å². The molecule has 0 saturated heterocycles. The first-order valence-electron chi connectivity index (χ1n) is 5.40. The summed E-state index contributed by atoms with van der Waals surface area (Å²) in [6.45, 7) is 0. The second kappa shape index (κ2) is 5.48. The van der Waals surface area contributed by atoms with Crippen molar-refractivity contribution in [1.82, 2.24) is 0 Å². The fourth-order valence-electron chi connectivity index (χ4n) is 1.51. The quantitative estimate of drug-likeness (QED) is 0.505. The molecule has 2 rings (SSSR count). The maximum absolute atomic E-state index is 11.9. The van der Waals surface area contributed by atoms with E-state index in [9.17, 15) is 20.1 Å². The van der Waals surface area contributed by atoms with Crippen molar-refractivity contribution in [3.05, 3.63) is 45.9 Å². The van der Waals surface area contributed by atoms with E-state index in [2.05, 4.69) is 5.32 Å². The van der Waals surface area contributed by atoms with Crippen molar-refractivity contribution in [1.29, 1.82) is 0 Å². The fraction of sp³-hybridized carbons (Fsp3) is 0. The molecule has 0 saturated carbocycles. The van der Waals surface area contributed by atoms with Crippen molar-refractivity contribution < 1.29 is 20.1 Å². The van der Waals surface area contributed by atoms with Crippen LogP contribution in [0, 0.1) is 0 Å². The highest BCUT2D eigenvalue weighted by molar-refractivity contribution is 6.37. The molecule has 2 aromatic rings. The minimum atomic E-state index is -0.530. The Labute approximate surface area is 124 Å². The number of phenolic OH excluding ortho intramolecular Hbond substituents is 3. The molecule has 7 heteroatoms. The van der Waals surface area contributed by atoms with Gasteiger partial charge in [-0.05, 0) is 30.3 Å². The molecule has 4 N–H and O–H groups in total. The third-order valence-corrected chi connectivity index (χ3v) is 3.09. The number of hydrogen-bond acceptors (Lipinski definition) is 4. The van der Waals surface area contributed by atoms with Crippen molar-refractivity contribution >= 4 is 34.8 Å². The van der Waals surface area contributed by atoms with Crippen molar-refractivity contribution in [2.45, 2.75) is 0 Å². The number of hydrogen-bond donors (Lipinski definition) is 4. The summed E-state index contributed by atoms with van der Waals surface area (Å²) in [5, 5.41) is 30.4. The lowest BCUT2D eigenvalue weighted by Gasteiger charge is -2.08. The number of halogens is 2. The number of anilines is 1. The number of phenols is 3. The average molecular weight is 314 g/mol. The number of carbonyl (C=O) groups is 1. The molecular formula is C13H9Cl2NO4. The van der Waals surface area contributed by atoms with Crippen LogP contribution < -0.4 is 5.32 Å². The Hall–Kier alpha value is -2.11. The van der Waals surface area contributed by atoms with Crippen LogP contribution >= 0.6 is 23.2 Å². The van der Waals surface area contributed by atoms with Crippen molar-refractivity contribution in [3.8, 4) is 17.2 Å². The number of nitrogens with one attached hydrogen (secondary N) is 1. The predicted molar refractivity (Wildman–Crippen MR) is 75.9 cm³/mol. The Kier molecular flexibility index (Phi) is 3.92. The molecule has 0 bridgehead atoms. The zero-order chi connectivity index (χ0) is 14.9. The van der Waals surface area contributed by atoms with Crippen LogP contribution in [0.5, 0.6) is 17.2 Å². The van der Waals surface area contributed by atoms with Crippen molar-refractivity contribution in [3.63, 3.8) is 0 Å². The third-order valence-electron chi connectivity index (χ3n) is 2.51. The van der Waals surface area contributed by atoms with Gasteiger partial charge in [0.15, 0.2) is 17.2 Å². The van der Waals surface area contributed by atoms with E-state index in [0.717, 1.165) is 6.07 Å². The molecule has 0 heterocycles. The molecule has 0 aliphatic carbocycles. The molecule has 0 fully saturated rings. The van der Waals surface area contributed by atoms with Gasteiger partial charge in [-0.25, -0.2) is 0 Å². The Bertz CT molecular complexity index is 665. The Balaban J connectivity index is 2.25. The van der Waals surface area contributed by atoms with E-state index in [-0.39, 0.29) is 32.8 Å². The molecule has 0 atom stereocenters. The second-order valence-electron chi connectivity index (χ2n) is 3.95. The van der Waals surface area contributed by atoms with Gasteiger partial charge in [0.2, 0.25) is 0 Å². The Morgan fingerprint density at radius 3 is 2.10 bits per heavy atom. The van der Waals surface area contributed by atoms with Crippen molar-refractivity contribution in [2.75, 3.05) is 5.32 Å². The minimum Gasteiger partial charge on any atom is -0.505 e. The molecular weight excluding hydrogens is 305 g/mol. The molecule has 0 unspecified atom stereocenters. The van der Waals surface area contributed by atoms with Gasteiger partial charge >= 0.3 is 0 Å². The monoisotopic (exact) mass is 313 g/mol. The standard InChI is InChI=1S/C13H9Cl2NO4/c14-8-4-7(5-9(15)12(8)19)16-13(20)6-1-2-10(17)11(18)3-6/h1-5,17-19H,(H,16,20). The van der Waals surface area contributed by atoms with Gasteiger partial charge in [0, 0.05) is 11.3 Å². The van der Waals surface area contributed by atoms with Gasteiger partial charge in [-0.15, -0.1) is 0 Å². The highest BCUT2D eigenvalue weighted by atomic mass is 35.5. The first kappa shape index (κ1) is 14.3. The van der Waals surface area contributed by atoms with E-state index < -0.39 is 11.7 Å². The van der Waals surface area contributed by atoms with Crippen LogP contribution in [0.15, 0.2) is 30.3 Å². The number of amides is 1. The van der Waals surface area contributed by atoms with Gasteiger partial charge in [0.1, 0.15) is 0 Å². The summed E-state index contributed by atoms with van der Waals surface area (Å²) in [4.78, 5) is 11.9. The maximum atomic E-state index is 11.9. The molecule has 0 aliphatic heterocycles. The predicted octanol–water partition coefficient (Wildman–Crippen LogP) is 3.36. The van der Waals surface area contributed by atoms with Crippen LogP contribution in [0.1, 0.15) is 10.4 Å². The van der Waals surface area contributed by atoms with Gasteiger partial charge in [-0.1, -0.05) is 23.2 Å². The number of rotatable bonds is 2. The number of benzene rings is 2. The summed E-state index contributed by atoms with van der Waals surface area (Å²) in [6, 6.07) is 6.32. The maximum Gasteiger partial charge on any atom is 0.255 e. The summed E-state index contributed by atoms with van der Waals surface area (Å²) in [7, 11) is 0. The van der Waals surface area contributed by atoms with E-state index in [4.69, 9.17) is 23.2 Å². The van der Waals surface area contributed by atoms with Crippen LogP contribution in [0.25, 0.3) is 0 Å². The molecule has 5 nitrogen and oxygen atoms in total. The summed E-state index contributed by atoms with van der Waals surface area (Å²) in [5.41, 5.74) is 0.427. The van der Waals surface area contributed by atoms with Crippen LogP contribution in [0.2, 0.25) is 10.0 Å². The number of aromatic hydroxyl groups is 3. The van der Waals surface area contributed by atoms with E-state index in [1.54, 1.807) is 0 Å². The smallest absolute Gasteiger partial charge is 0.255 e. The largest absolute Gasteiger partial charge is 0.505 e. The van der Waals surface area contributed by atoms with E-state index in [0.29, 0.717) is 0 Å². The van der Waals surface area contributed by atoms with Gasteiger partial charge in [0.25, 0.3) is 5.91 Å². The zero-order valence-corrected chi connectivity index (χ0v) is 11.4. The Morgan fingerprint density at radius 2 is 1.55 bits per heavy atom. The zero-order valence-electron chi connectivity index (χ0n) is 9.89. The van der Waals surface area contributed by atoms with Crippen molar-refractivity contribution in [2.24, 2.45) is 0 Å². The second-order valence-corrected chi connectivity index (χ2v) is 4.76. The molecule has 0 aromatic heterocycles. The Morgan fingerprint density at radius 1 is 0.950 bits per heavy atom. The molecule has 0 aliphatic rings. The first-order chi connectivity index (χ1) is 9.38. The highest BCUT2D eigenvalue weighted by Gasteiger charge is 2.12. The molecule has 104 valence electrons. The SMILES string of the molecule is O=C(Nc1cc(Cl)c(O)c(Cl)c1)c1ccc(O)c(O)c1. The third kappa shape index (κ3) is 2.89. The molecule has 1 amide bonds. The average Bonchev–Trinajstić information content (AvgIpc) is 2.39. The fourth-order valence-corrected chi connectivity index (χ4v) is 1.99. The topological polar surface area (TPSA) is 89.8 Å². The van der Waals surface area contributed by atoms with Crippen LogP contribution in [0.3, 0.4) is 0 Å². The van der Waals surface area contributed by atoms with Gasteiger partial charge in [-0.3, -0.25) is 4.79 Å². The van der Waals surface area contributed by atoms with Crippen LogP contribution in [-0.2, 0) is 0 Å². The summed E-state index contributed by atoms with van der Waals surface area (Å²) in [5.74, 6) is -1.52. The summed E-state index contributed by atoms with van der Waals surface area (Å²) >= 11 is 11.5. The molecule has 2 aromatic carbocycles. The lowest BCUT2D eigenvalue weighted by atomic mass is 10.2. The van der Waals surface area contributed by atoms with Crippen LogP contribution in [-0.4, -0.2) is 21.2 Å². The lowest BCUT2D eigenvalue weighted by Crippen LogP contribution is -2.11. The minimum absolute atomic E-state index is 0.00125. The van der Waals surface area contributed by atoms with E-state index in [1.807, 2.05) is 0 Å². The number of carbonyl (C=O) groups excluding carboxylic acids is 1. The molecule has 0 spiro atoms. The summed E-state index contributed by atoms with van der Waals surface area (Å²) < 4.78 is 0. The van der Waals surface area contributed by atoms with E-state index >= 15 is 0 Å². The van der Waals surface area contributed by atoms with Crippen LogP contribution in [0.4, 0.5) is 5.69 Å². The van der Waals surface area contributed by atoms with Gasteiger partial charge in [-0.2, -0.15) is 0 Å². The highest BCUT2D eigenvalue weighted by Crippen LogP contribution is 2.35. The van der Waals surface area contributed by atoms with E-state index in [1.165, 1.54) is 24.3 Å².